The van der Waals surface area contributed by atoms with Crippen molar-refractivity contribution in [3.63, 3.8) is 0 Å². The number of esters is 1. The molecule has 172 valence electrons. The number of amides is 1. The van der Waals surface area contributed by atoms with E-state index in [1.807, 2.05) is 41.4 Å². The molecular formula is C24H26N4O4S. The highest BCUT2D eigenvalue weighted by atomic mass is 32.1. The van der Waals surface area contributed by atoms with Crippen LogP contribution >= 0.6 is 11.3 Å². The second kappa shape index (κ2) is 8.97. The molecule has 9 heteroatoms. The molecule has 2 aromatic heterocycles. The summed E-state index contributed by atoms with van der Waals surface area (Å²) in [7, 11) is 0. The molecule has 0 radical (unpaired) electrons. The van der Waals surface area contributed by atoms with Gasteiger partial charge in [0.15, 0.2) is 11.8 Å². The SMILES string of the molecule is CCOC(=O)c1nn(CCc2scnc2C)c2c1CN(C(=O)C1Cc3ccccc3O1)CC2. The fourth-order valence-electron chi connectivity index (χ4n) is 4.52. The van der Waals surface area contributed by atoms with Gasteiger partial charge < -0.3 is 14.4 Å². The van der Waals surface area contributed by atoms with Crippen LogP contribution in [0.25, 0.3) is 0 Å². The molecule has 1 unspecified atom stereocenters. The molecule has 0 N–H and O–H groups in total. The van der Waals surface area contributed by atoms with Crippen molar-refractivity contribution in [2.45, 2.75) is 52.3 Å². The van der Waals surface area contributed by atoms with Crippen LogP contribution in [-0.4, -0.2) is 50.8 Å². The maximum atomic E-state index is 13.3. The van der Waals surface area contributed by atoms with Crippen LogP contribution in [0.4, 0.5) is 0 Å². The van der Waals surface area contributed by atoms with Crippen LogP contribution in [0, 0.1) is 6.92 Å². The summed E-state index contributed by atoms with van der Waals surface area (Å²) >= 11 is 1.63. The lowest BCUT2D eigenvalue weighted by Crippen LogP contribution is -2.44. The minimum atomic E-state index is -0.528. The van der Waals surface area contributed by atoms with Crippen molar-refractivity contribution in [2.24, 2.45) is 0 Å². The highest BCUT2D eigenvalue weighted by molar-refractivity contribution is 7.09. The summed E-state index contributed by atoms with van der Waals surface area (Å²) in [6.07, 6.45) is 1.47. The van der Waals surface area contributed by atoms with E-state index in [2.05, 4.69) is 10.1 Å². The number of hydrogen-bond acceptors (Lipinski definition) is 7. The van der Waals surface area contributed by atoms with E-state index in [1.54, 1.807) is 23.2 Å². The predicted octanol–water partition coefficient (Wildman–Crippen LogP) is 2.96. The van der Waals surface area contributed by atoms with Gasteiger partial charge in [0.1, 0.15) is 5.75 Å². The number of carbonyl (C=O) groups excluding carboxylic acids is 2. The van der Waals surface area contributed by atoms with Gasteiger partial charge in [-0.2, -0.15) is 5.10 Å². The Hall–Kier alpha value is -3.20. The smallest absolute Gasteiger partial charge is 0.359 e. The zero-order valence-corrected chi connectivity index (χ0v) is 19.6. The fraction of sp³-hybridized carbons (Fsp3) is 0.417. The third-order valence-electron chi connectivity index (χ3n) is 6.23. The molecule has 0 aliphatic carbocycles. The maximum Gasteiger partial charge on any atom is 0.359 e. The summed E-state index contributed by atoms with van der Waals surface area (Å²) < 4.78 is 13.1. The van der Waals surface area contributed by atoms with Crippen molar-refractivity contribution in [1.29, 1.82) is 0 Å². The molecule has 4 heterocycles. The first kappa shape index (κ1) is 21.6. The molecule has 0 spiro atoms. The van der Waals surface area contributed by atoms with Gasteiger partial charge in [-0.25, -0.2) is 9.78 Å². The minimum Gasteiger partial charge on any atom is -0.480 e. The summed E-state index contributed by atoms with van der Waals surface area (Å²) in [6, 6.07) is 7.75. The number of benzene rings is 1. The van der Waals surface area contributed by atoms with E-state index in [4.69, 9.17) is 9.47 Å². The average molecular weight is 467 g/mol. The van der Waals surface area contributed by atoms with Gasteiger partial charge in [0.25, 0.3) is 5.91 Å². The van der Waals surface area contributed by atoms with E-state index in [0.717, 1.165) is 34.7 Å². The number of aryl methyl sites for hydroxylation is 3. The molecule has 0 fully saturated rings. The molecular weight excluding hydrogens is 440 g/mol. The number of thiazole rings is 1. The number of nitrogens with zero attached hydrogens (tertiary/aromatic N) is 4. The van der Waals surface area contributed by atoms with Crippen molar-refractivity contribution in [3.05, 3.63) is 62.9 Å². The van der Waals surface area contributed by atoms with Crippen LogP contribution in [0.15, 0.2) is 29.8 Å². The zero-order chi connectivity index (χ0) is 22.9. The zero-order valence-electron chi connectivity index (χ0n) is 18.7. The number of carbonyl (C=O) groups is 2. The van der Waals surface area contributed by atoms with E-state index in [9.17, 15) is 9.59 Å². The standard InChI is InChI=1S/C24H26N4O4S/c1-3-31-24(30)22-17-13-27(23(29)20-12-16-6-4-5-7-19(16)32-20)10-8-18(17)28(26-22)11-9-21-15(2)25-14-33-21/h4-7,14,20H,3,8-13H2,1-2H3. The van der Waals surface area contributed by atoms with E-state index >= 15 is 0 Å². The van der Waals surface area contributed by atoms with Gasteiger partial charge in [-0.3, -0.25) is 9.48 Å². The number of fused-ring (bicyclic) bond motifs is 2. The number of para-hydroxylation sites is 1. The predicted molar refractivity (Wildman–Crippen MR) is 122 cm³/mol. The van der Waals surface area contributed by atoms with Gasteiger partial charge in [0.2, 0.25) is 0 Å². The molecule has 1 amide bonds. The summed E-state index contributed by atoms with van der Waals surface area (Å²) in [5.74, 6) is 0.270. The molecule has 2 aliphatic heterocycles. The Morgan fingerprint density at radius 1 is 1.30 bits per heavy atom. The summed E-state index contributed by atoms with van der Waals surface area (Å²) in [4.78, 5) is 33.2. The molecule has 8 nitrogen and oxygen atoms in total. The Morgan fingerprint density at radius 3 is 2.91 bits per heavy atom. The summed E-state index contributed by atoms with van der Waals surface area (Å²) in [5, 5.41) is 4.62. The van der Waals surface area contributed by atoms with Gasteiger partial charge in [-0.15, -0.1) is 11.3 Å². The van der Waals surface area contributed by atoms with E-state index in [1.165, 1.54) is 4.88 Å². The van der Waals surface area contributed by atoms with Gasteiger partial charge in [-0.1, -0.05) is 18.2 Å². The number of hydrogen-bond donors (Lipinski definition) is 0. The fourth-order valence-corrected chi connectivity index (χ4v) is 5.29. The van der Waals surface area contributed by atoms with Crippen LogP contribution in [0.2, 0.25) is 0 Å². The Bertz CT molecular complexity index is 1180. The number of rotatable bonds is 6. The number of ether oxygens (including phenoxy) is 2. The molecule has 2 aliphatic rings. The largest absolute Gasteiger partial charge is 0.480 e. The van der Waals surface area contributed by atoms with E-state index in [-0.39, 0.29) is 12.5 Å². The third kappa shape index (κ3) is 4.13. The third-order valence-corrected chi connectivity index (χ3v) is 7.23. The normalized spacial score (nSPS) is 16.8. The second-order valence-corrected chi connectivity index (χ2v) is 9.20. The lowest BCUT2D eigenvalue weighted by molar-refractivity contribution is -0.138. The molecule has 0 saturated heterocycles. The molecule has 3 aromatic rings. The van der Waals surface area contributed by atoms with Crippen LogP contribution in [0.3, 0.4) is 0 Å². The first-order valence-corrected chi connectivity index (χ1v) is 12.1. The van der Waals surface area contributed by atoms with Crippen molar-refractivity contribution in [2.75, 3.05) is 13.2 Å². The minimum absolute atomic E-state index is 0.0558. The summed E-state index contributed by atoms with van der Waals surface area (Å²) in [6.45, 7) is 5.60. The Labute approximate surface area is 196 Å². The van der Waals surface area contributed by atoms with Crippen molar-refractivity contribution in [3.8, 4) is 5.75 Å². The van der Waals surface area contributed by atoms with Crippen molar-refractivity contribution >= 4 is 23.2 Å². The van der Waals surface area contributed by atoms with Gasteiger partial charge >= 0.3 is 5.97 Å². The Kier molecular flexibility index (Phi) is 5.88. The highest BCUT2D eigenvalue weighted by Gasteiger charge is 2.36. The van der Waals surface area contributed by atoms with E-state index in [0.29, 0.717) is 38.2 Å². The van der Waals surface area contributed by atoms with Crippen molar-refractivity contribution < 1.29 is 19.1 Å². The first-order valence-electron chi connectivity index (χ1n) is 11.2. The maximum absolute atomic E-state index is 13.3. The Morgan fingerprint density at radius 2 is 2.15 bits per heavy atom. The molecule has 33 heavy (non-hydrogen) atoms. The van der Waals surface area contributed by atoms with Crippen LogP contribution in [-0.2, 0) is 41.9 Å². The number of aromatic nitrogens is 3. The monoisotopic (exact) mass is 466 g/mol. The van der Waals surface area contributed by atoms with Crippen LogP contribution < -0.4 is 4.74 Å². The summed E-state index contributed by atoms with van der Waals surface area (Å²) in [5.41, 5.74) is 6.01. The topological polar surface area (TPSA) is 86.5 Å². The lowest BCUT2D eigenvalue weighted by atomic mass is 10.0. The lowest BCUT2D eigenvalue weighted by Gasteiger charge is -2.29. The molecule has 0 saturated carbocycles. The average Bonchev–Trinajstić information content (AvgIpc) is 3.53. The second-order valence-electron chi connectivity index (χ2n) is 8.26. The molecule has 1 aromatic carbocycles. The molecule has 5 rings (SSSR count). The molecule has 1 atom stereocenters. The molecule has 0 bridgehead atoms. The van der Waals surface area contributed by atoms with Crippen LogP contribution in [0.5, 0.6) is 5.75 Å². The highest BCUT2D eigenvalue weighted by Crippen LogP contribution is 2.31. The Balaban J connectivity index is 1.36. The van der Waals surface area contributed by atoms with Gasteiger partial charge in [0.05, 0.1) is 24.4 Å². The van der Waals surface area contributed by atoms with Gasteiger partial charge in [-0.05, 0) is 25.5 Å². The quantitative estimate of drug-likeness (QED) is 0.519. The first-order chi connectivity index (χ1) is 16.0. The van der Waals surface area contributed by atoms with Gasteiger partial charge in [0, 0.05) is 48.5 Å². The van der Waals surface area contributed by atoms with Crippen molar-refractivity contribution in [1.82, 2.24) is 19.7 Å². The van der Waals surface area contributed by atoms with E-state index < -0.39 is 12.1 Å². The van der Waals surface area contributed by atoms with Crippen LogP contribution in [0.1, 0.15) is 44.8 Å².